The molecule has 100 valence electrons. The predicted molar refractivity (Wildman–Crippen MR) is 81.2 cm³/mol. The highest BCUT2D eigenvalue weighted by Crippen LogP contribution is 2.33. The first-order valence-corrected chi connectivity index (χ1v) is 7.01. The first kappa shape index (κ1) is 13.8. The monoisotopic (exact) mass is 294 g/mol. The van der Waals surface area contributed by atoms with E-state index in [9.17, 15) is 0 Å². The Hall–Kier alpha value is -1.66. The van der Waals surface area contributed by atoms with Crippen molar-refractivity contribution in [3.63, 3.8) is 0 Å². The summed E-state index contributed by atoms with van der Waals surface area (Å²) in [5.41, 5.74) is 7.15. The topological polar surface area (TPSA) is 57.4 Å². The summed E-state index contributed by atoms with van der Waals surface area (Å²) in [7, 11) is 1.62. The van der Waals surface area contributed by atoms with Gasteiger partial charge in [-0.15, -0.1) is 11.3 Å². The zero-order valence-corrected chi connectivity index (χ0v) is 12.3. The SMILES string of the molecule is CCOc1ccc(-c2nc(C(N)=S)cs2)cc1OC. The third-order valence-electron chi connectivity index (χ3n) is 2.47. The maximum atomic E-state index is 5.56. The summed E-state index contributed by atoms with van der Waals surface area (Å²) >= 11 is 6.40. The van der Waals surface area contributed by atoms with Crippen LogP contribution >= 0.6 is 23.6 Å². The number of nitrogens with zero attached hydrogens (tertiary/aromatic N) is 1. The van der Waals surface area contributed by atoms with Crippen molar-refractivity contribution in [2.45, 2.75) is 6.92 Å². The number of hydrogen-bond acceptors (Lipinski definition) is 5. The Kier molecular flexibility index (Phi) is 4.34. The lowest BCUT2D eigenvalue weighted by Crippen LogP contribution is -2.09. The quantitative estimate of drug-likeness (QED) is 0.859. The van der Waals surface area contributed by atoms with Crippen LogP contribution in [0.4, 0.5) is 0 Å². The van der Waals surface area contributed by atoms with Crippen molar-refractivity contribution in [2.24, 2.45) is 5.73 Å². The fourth-order valence-electron chi connectivity index (χ4n) is 1.59. The molecule has 19 heavy (non-hydrogen) atoms. The van der Waals surface area contributed by atoms with Crippen LogP contribution in [-0.2, 0) is 0 Å². The zero-order chi connectivity index (χ0) is 13.8. The van der Waals surface area contributed by atoms with E-state index in [2.05, 4.69) is 4.98 Å². The second-order valence-corrected chi connectivity index (χ2v) is 5.00. The Morgan fingerprint density at radius 1 is 1.42 bits per heavy atom. The van der Waals surface area contributed by atoms with E-state index in [0.29, 0.717) is 23.0 Å². The van der Waals surface area contributed by atoms with Gasteiger partial charge >= 0.3 is 0 Å². The van der Waals surface area contributed by atoms with E-state index in [4.69, 9.17) is 27.4 Å². The molecular formula is C13H14N2O2S2. The van der Waals surface area contributed by atoms with E-state index in [0.717, 1.165) is 16.3 Å². The van der Waals surface area contributed by atoms with Crippen molar-refractivity contribution < 1.29 is 9.47 Å². The van der Waals surface area contributed by atoms with Gasteiger partial charge in [-0.3, -0.25) is 0 Å². The van der Waals surface area contributed by atoms with Crippen LogP contribution in [0, 0.1) is 0 Å². The smallest absolute Gasteiger partial charge is 0.161 e. The molecule has 0 aliphatic rings. The highest BCUT2D eigenvalue weighted by molar-refractivity contribution is 7.80. The number of ether oxygens (including phenoxy) is 2. The molecule has 0 aliphatic carbocycles. The average Bonchev–Trinajstić information content (AvgIpc) is 2.89. The van der Waals surface area contributed by atoms with Crippen LogP contribution in [0.5, 0.6) is 11.5 Å². The lowest BCUT2D eigenvalue weighted by molar-refractivity contribution is 0.311. The van der Waals surface area contributed by atoms with Crippen molar-refractivity contribution in [1.82, 2.24) is 4.98 Å². The largest absolute Gasteiger partial charge is 0.493 e. The van der Waals surface area contributed by atoms with Gasteiger partial charge in [0, 0.05) is 10.9 Å². The number of thiazole rings is 1. The Balaban J connectivity index is 2.36. The molecule has 0 atom stereocenters. The van der Waals surface area contributed by atoms with Gasteiger partial charge in [-0.1, -0.05) is 12.2 Å². The number of thiocarbonyl (C=S) groups is 1. The average molecular weight is 294 g/mol. The summed E-state index contributed by atoms with van der Waals surface area (Å²) < 4.78 is 10.8. The second kappa shape index (κ2) is 5.99. The summed E-state index contributed by atoms with van der Waals surface area (Å²) in [6.07, 6.45) is 0. The molecule has 0 aliphatic heterocycles. The standard InChI is InChI=1S/C13H14N2O2S2/c1-3-17-10-5-4-8(6-11(10)16-2)13-15-9(7-19-13)12(14)18/h4-7H,3H2,1-2H3,(H2,14,18). The van der Waals surface area contributed by atoms with Crippen molar-refractivity contribution in [1.29, 1.82) is 0 Å². The molecule has 2 aromatic rings. The van der Waals surface area contributed by atoms with Crippen LogP contribution in [0.2, 0.25) is 0 Å². The summed E-state index contributed by atoms with van der Waals surface area (Å²) in [4.78, 5) is 4.69. The molecule has 1 aromatic carbocycles. The summed E-state index contributed by atoms with van der Waals surface area (Å²) in [5.74, 6) is 1.41. The molecule has 0 fully saturated rings. The summed E-state index contributed by atoms with van der Waals surface area (Å²) in [6.45, 7) is 2.53. The molecule has 0 saturated heterocycles. The van der Waals surface area contributed by atoms with Gasteiger partial charge in [-0.25, -0.2) is 4.98 Å². The molecule has 1 heterocycles. The van der Waals surface area contributed by atoms with Crippen molar-refractivity contribution in [3.05, 3.63) is 29.3 Å². The predicted octanol–water partition coefficient (Wildman–Crippen LogP) is 2.85. The Bertz CT molecular complexity index is 596. The van der Waals surface area contributed by atoms with Gasteiger partial charge in [-0.05, 0) is 25.1 Å². The Morgan fingerprint density at radius 2 is 2.21 bits per heavy atom. The van der Waals surface area contributed by atoms with Crippen molar-refractivity contribution >= 4 is 28.5 Å². The van der Waals surface area contributed by atoms with E-state index in [1.165, 1.54) is 11.3 Å². The van der Waals surface area contributed by atoms with Crippen LogP contribution in [-0.4, -0.2) is 23.7 Å². The fraction of sp³-hybridized carbons (Fsp3) is 0.231. The number of rotatable bonds is 5. The summed E-state index contributed by atoms with van der Waals surface area (Å²) in [6, 6.07) is 5.71. The molecule has 2 rings (SSSR count). The third-order valence-corrected chi connectivity index (χ3v) is 3.57. The van der Waals surface area contributed by atoms with Gasteiger partial charge in [0.15, 0.2) is 11.5 Å². The Morgan fingerprint density at radius 3 is 2.79 bits per heavy atom. The Labute approximate surface area is 121 Å². The molecule has 2 N–H and O–H groups in total. The maximum absolute atomic E-state index is 5.56. The highest BCUT2D eigenvalue weighted by Gasteiger charge is 2.10. The third kappa shape index (κ3) is 3.02. The van der Waals surface area contributed by atoms with E-state index in [1.807, 2.05) is 30.5 Å². The maximum Gasteiger partial charge on any atom is 0.161 e. The van der Waals surface area contributed by atoms with E-state index < -0.39 is 0 Å². The number of nitrogens with two attached hydrogens (primary N) is 1. The van der Waals surface area contributed by atoms with E-state index in [1.54, 1.807) is 7.11 Å². The summed E-state index contributed by atoms with van der Waals surface area (Å²) in [5, 5.41) is 2.70. The van der Waals surface area contributed by atoms with E-state index in [-0.39, 0.29) is 0 Å². The molecule has 6 heteroatoms. The van der Waals surface area contributed by atoms with Crippen molar-refractivity contribution in [3.8, 4) is 22.1 Å². The van der Waals surface area contributed by atoms with E-state index >= 15 is 0 Å². The van der Waals surface area contributed by atoms with Gasteiger partial charge in [0.1, 0.15) is 15.7 Å². The molecular weight excluding hydrogens is 280 g/mol. The van der Waals surface area contributed by atoms with Crippen LogP contribution in [0.25, 0.3) is 10.6 Å². The van der Waals surface area contributed by atoms with Crippen LogP contribution in [0.15, 0.2) is 23.6 Å². The number of benzene rings is 1. The zero-order valence-electron chi connectivity index (χ0n) is 10.7. The van der Waals surface area contributed by atoms with Crippen LogP contribution < -0.4 is 15.2 Å². The molecule has 0 radical (unpaired) electrons. The molecule has 0 bridgehead atoms. The van der Waals surface area contributed by atoms with Gasteiger partial charge in [-0.2, -0.15) is 0 Å². The van der Waals surface area contributed by atoms with Gasteiger partial charge in [0.2, 0.25) is 0 Å². The van der Waals surface area contributed by atoms with Crippen molar-refractivity contribution in [2.75, 3.05) is 13.7 Å². The minimum atomic E-state index is 0.306. The molecule has 0 unspecified atom stereocenters. The van der Waals surface area contributed by atoms with Gasteiger partial charge in [0.05, 0.1) is 13.7 Å². The highest BCUT2D eigenvalue weighted by atomic mass is 32.1. The first-order valence-electron chi connectivity index (χ1n) is 5.72. The first-order chi connectivity index (χ1) is 9.15. The molecule has 0 spiro atoms. The lowest BCUT2D eigenvalue weighted by Gasteiger charge is -2.09. The minimum absolute atomic E-state index is 0.306. The molecule has 0 amide bonds. The lowest BCUT2D eigenvalue weighted by atomic mass is 10.2. The van der Waals surface area contributed by atoms with Crippen LogP contribution in [0.1, 0.15) is 12.6 Å². The minimum Gasteiger partial charge on any atom is -0.493 e. The number of methoxy groups -OCH3 is 1. The van der Waals surface area contributed by atoms with Gasteiger partial charge in [0.25, 0.3) is 0 Å². The normalized spacial score (nSPS) is 10.2. The molecule has 0 saturated carbocycles. The number of hydrogen-bond donors (Lipinski definition) is 1. The molecule has 1 aromatic heterocycles. The number of aromatic nitrogens is 1. The molecule has 4 nitrogen and oxygen atoms in total. The van der Waals surface area contributed by atoms with Gasteiger partial charge < -0.3 is 15.2 Å². The van der Waals surface area contributed by atoms with Crippen LogP contribution in [0.3, 0.4) is 0 Å². The fourth-order valence-corrected chi connectivity index (χ4v) is 2.59. The second-order valence-electron chi connectivity index (χ2n) is 3.70.